The van der Waals surface area contributed by atoms with Crippen molar-refractivity contribution in [1.82, 2.24) is 10.3 Å². The fraction of sp³-hybridized carbons (Fsp3) is 0.188. The van der Waals surface area contributed by atoms with Crippen LogP contribution in [0.4, 0.5) is 0 Å². The van der Waals surface area contributed by atoms with Gasteiger partial charge in [0.25, 0.3) is 0 Å². The predicted octanol–water partition coefficient (Wildman–Crippen LogP) is 1.93. The Labute approximate surface area is 128 Å². The van der Waals surface area contributed by atoms with Crippen LogP contribution in [0.15, 0.2) is 48.7 Å². The number of aromatic nitrogens is 1. The normalized spacial score (nSPS) is 9.50. The zero-order valence-electron chi connectivity index (χ0n) is 12.2. The zero-order valence-corrected chi connectivity index (χ0v) is 12.2. The van der Waals surface area contributed by atoms with Crippen molar-refractivity contribution in [2.75, 3.05) is 13.6 Å². The lowest BCUT2D eigenvalue weighted by molar-refractivity contribution is 0.0651. The summed E-state index contributed by atoms with van der Waals surface area (Å²) in [7, 11) is 1.95. The maximum atomic E-state index is 10.5. The van der Waals surface area contributed by atoms with Crippen LogP contribution in [0.5, 0.6) is 0 Å². The number of pyridine rings is 1. The van der Waals surface area contributed by atoms with Crippen LogP contribution in [-0.2, 0) is 6.42 Å². The van der Waals surface area contributed by atoms with E-state index in [0.29, 0.717) is 0 Å². The van der Waals surface area contributed by atoms with Gasteiger partial charge in [-0.15, -0.1) is 0 Å². The fourth-order valence-electron chi connectivity index (χ4n) is 1.66. The Hall–Kier alpha value is -2.73. The highest BCUT2D eigenvalue weighted by atomic mass is 16.4. The Morgan fingerprint density at radius 1 is 1.00 bits per heavy atom. The van der Waals surface area contributed by atoms with Gasteiger partial charge >= 0.3 is 11.9 Å². The molecule has 2 aromatic rings. The van der Waals surface area contributed by atoms with Crippen LogP contribution < -0.4 is 5.32 Å². The number of carbonyl (C=O) groups is 2. The molecule has 0 atom stereocenters. The molecule has 0 aliphatic carbocycles. The summed E-state index contributed by atoms with van der Waals surface area (Å²) in [5.74, 6) is -2.46. The minimum atomic E-state index is -1.23. The topological polar surface area (TPSA) is 99.5 Å². The molecule has 0 radical (unpaired) electrons. The van der Waals surface area contributed by atoms with Gasteiger partial charge in [0.05, 0.1) is 11.1 Å². The summed E-state index contributed by atoms with van der Waals surface area (Å²) < 4.78 is 0. The van der Waals surface area contributed by atoms with Crippen LogP contribution in [0.25, 0.3) is 0 Å². The number of carboxylic acids is 2. The van der Waals surface area contributed by atoms with Crippen molar-refractivity contribution < 1.29 is 19.8 Å². The van der Waals surface area contributed by atoms with Crippen LogP contribution in [0.3, 0.4) is 0 Å². The first-order chi connectivity index (χ1) is 10.6. The van der Waals surface area contributed by atoms with E-state index < -0.39 is 11.9 Å². The van der Waals surface area contributed by atoms with E-state index in [9.17, 15) is 9.59 Å². The van der Waals surface area contributed by atoms with E-state index in [1.807, 2.05) is 31.4 Å². The number of nitrogens with zero attached hydrogens (tertiary/aromatic N) is 1. The van der Waals surface area contributed by atoms with Crippen molar-refractivity contribution >= 4 is 11.9 Å². The van der Waals surface area contributed by atoms with Gasteiger partial charge in [-0.25, -0.2) is 9.59 Å². The average molecular weight is 302 g/mol. The summed E-state index contributed by atoms with van der Waals surface area (Å²) in [4.78, 5) is 25.1. The number of hydrogen-bond acceptors (Lipinski definition) is 4. The molecule has 2 rings (SSSR count). The summed E-state index contributed by atoms with van der Waals surface area (Å²) in [6.45, 7) is 0.997. The number of benzene rings is 1. The summed E-state index contributed by atoms with van der Waals surface area (Å²) in [5.41, 5.74) is 0.770. The molecule has 0 saturated carbocycles. The van der Waals surface area contributed by atoms with Crippen molar-refractivity contribution in [1.29, 1.82) is 0 Å². The van der Waals surface area contributed by atoms with E-state index >= 15 is 0 Å². The van der Waals surface area contributed by atoms with Gasteiger partial charge in [-0.1, -0.05) is 18.2 Å². The van der Waals surface area contributed by atoms with Gasteiger partial charge < -0.3 is 15.5 Å². The quantitative estimate of drug-likeness (QED) is 0.780. The molecule has 3 N–H and O–H groups in total. The minimum absolute atomic E-state index is 0.190. The Bertz CT molecular complexity index is 582. The number of rotatable bonds is 5. The Morgan fingerprint density at radius 2 is 1.55 bits per heavy atom. The summed E-state index contributed by atoms with van der Waals surface area (Å²) >= 11 is 0. The summed E-state index contributed by atoms with van der Waals surface area (Å²) in [6, 6.07) is 11.5. The highest BCUT2D eigenvalue weighted by molar-refractivity contribution is 6.01. The summed E-state index contributed by atoms with van der Waals surface area (Å²) in [6.07, 6.45) is 2.84. The van der Waals surface area contributed by atoms with E-state index in [1.54, 1.807) is 0 Å². The van der Waals surface area contributed by atoms with Crippen LogP contribution in [-0.4, -0.2) is 40.7 Å². The molecule has 0 fully saturated rings. The number of carboxylic acid groups (broad SMARTS) is 2. The molecule has 116 valence electrons. The number of aromatic carboxylic acids is 2. The van der Waals surface area contributed by atoms with Gasteiger partial charge in [-0.05, 0) is 31.3 Å². The molecule has 0 unspecified atom stereocenters. The molecule has 0 spiro atoms. The maximum Gasteiger partial charge on any atom is 0.336 e. The second-order valence-corrected chi connectivity index (χ2v) is 4.33. The van der Waals surface area contributed by atoms with Crippen molar-refractivity contribution in [3.05, 3.63) is 65.5 Å². The molecule has 0 bridgehead atoms. The first-order valence-electron chi connectivity index (χ1n) is 6.66. The van der Waals surface area contributed by atoms with Crippen LogP contribution in [0.2, 0.25) is 0 Å². The largest absolute Gasteiger partial charge is 0.478 e. The van der Waals surface area contributed by atoms with Gasteiger partial charge in [-0.2, -0.15) is 0 Å². The SMILES string of the molecule is CNCCc1ccccn1.O=C(O)c1ccccc1C(=O)O. The number of hydrogen-bond donors (Lipinski definition) is 3. The Morgan fingerprint density at radius 3 is 1.95 bits per heavy atom. The van der Waals surface area contributed by atoms with Gasteiger partial charge in [0.2, 0.25) is 0 Å². The molecular formula is C16H18N2O4. The fourth-order valence-corrected chi connectivity index (χ4v) is 1.66. The van der Waals surface area contributed by atoms with E-state index in [-0.39, 0.29) is 11.1 Å². The van der Waals surface area contributed by atoms with Gasteiger partial charge in [-0.3, -0.25) is 4.98 Å². The third-order valence-corrected chi connectivity index (χ3v) is 2.75. The zero-order chi connectivity index (χ0) is 16.4. The monoisotopic (exact) mass is 302 g/mol. The lowest BCUT2D eigenvalue weighted by Crippen LogP contribution is -2.10. The second kappa shape index (κ2) is 9.25. The Kier molecular flexibility index (Phi) is 7.28. The minimum Gasteiger partial charge on any atom is -0.478 e. The molecule has 1 heterocycles. The second-order valence-electron chi connectivity index (χ2n) is 4.33. The molecule has 1 aromatic heterocycles. The molecule has 0 amide bonds. The third-order valence-electron chi connectivity index (χ3n) is 2.75. The van der Waals surface area contributed by atoms with E-state index in [4.69, 9.17) is 10.2 Å². The maximum absolute atomic E-state index is 10.5. The van der Waals surface area contributed by atoms with Crippen LogP contribution in [0, 0.1) is 0 Å². The van der Waals surface area contributed by atoms with E-state index in [2.05, 4.69) is 10.3 Å². The standard InChI is InChI=1S/C8H12N2.C8H6O4/c1-9-7-5-8-4-2-3-6-10-8;9-7(10)5-3-1-2-4-6(5)8(11)12/h2-4,6,9H,5,7H2,1H3;1-4H,(H,9,10)(H,11,12). The molecule has 6 heteroatoms. The van der Waals surface area contributed by atoms with Crippen molar-refractivity contribution in [2.24, 2.45) is 0 Å². The smallest absolute Gasteiger partial charge is 0.336 e. The van der Waals surface area contributed by atoms with Gasteiger partial charge in [0.15, 0.2) is 0 Å². The van der Waals surface area contributed by atoms with Crippen molar-refractivity contribution in [3.63, 3.8) is 0 Å². The van der Waals surface area contributed by atoms with Gasteiger partial charge in [0, 0.05) is 24.9 Å². The summed E-state index contributed by atoms with van der Waals surface area (Å²) in [5, 5.41) is 20.2. The first-order valence-corrected chi connectivity index (χ1v) is 6.66. The van der Waals surface area contributed by atoms with E-state index in [0.717, 1.165) is 18.7 Å². The molecule has 6 nitrogen and oxygen atoms in total. The van der Waals surface area contributed by atoms with Gasteiger partial charge in [0.1, 0.15) is 0 Å². The highest BCUT2D eigenvalue weighted by Crippen LogP contribution is 2.07. The predicted molar refractivity (Wildman–Crippen MR) is 82.2 cm³/mol. The average Bonchev–Trinajstić information content (AvgIpc) is 2.54. The van der Waals surface area contributed by atoms with Crippen molar-refractivity contribution in [2.45, 2.75) is 6.42 Å². The number of nitrogens with one attached hydrogen (secondary N) is 1. The molecule has 0 aliphatic rings. The molecule has 1 aromatic carbocycles. The first kappa shape index (κ1) is 17.3. The lowest BCUT2D eigenvalue weighted by atomic mass is 10.1. The molecule has 22 heavy (non-hydrogen) atoms. The molecule has 0 saturated heterocycles. The Balaban J connectivity index is 0.000000224. The lowest BCUT2D eigenvalue weighted by Gasteiger charge is -1.98. The molecular weight excluding hydrogens is 284 g/mol. The third kappa shape index (κ3) is 5.72. The van der Waals surface area contributed by atoms with Crippen molar-refractivity contribution in [3.8, 4) is 0 Å². The van der Waals surface area contributed by atoms with Crippen LogP contribution in [0.1, 0.15) is 26.4 Å². The van der Waals surface area contributed by atoms with E-state index in [1.165, 1.54) is 24.3 Å². The van der Waals surface area contributed by atoms with Crippen LogP contribution >= 0.6 is 0 Å². The molecule has 0 aliphatic heterocycles. The number of likely N-dealkylation sites (N-methyl/N-ethyl adjacent to an activating group) is 1. The highest BCUT2D eigenvalue weighted by Gasteiger charge is 2.13.